The highest BCUT2D eigenvalue weighted by molar-refractivity contribution is 8.00. The van der Waals surface area contributed by atoms with Gasteiger partial charge in [-0.1, -0.05) is 0 Å². The molecule has 2 aliphatic heterocycles. The zero-order chi connectivity index (χ0) is 13.9. The van der Waals surface area contributed by atoms with E-state index in [1.54, 1.807) is 16.7 Å². The van der Waals surface area contributed by atoms with Gasteiger partial charge in [0.2, 0.25) is 11.8 Å². The second-order valence-electron chi connectivity index (χ2n) is 5.23. The molecule has 7 heteroatoms. The van der Waals surface area contributed by atoms with Gasteiger partial charge in [0.15, 0.2) is 0 Å². The van der Waals surface area contributed by atoms with Gasteiger partial charge in [-0.25, -0.2) is 0 Å². The first-order valence-electron chi connectivity index (χ1n) is 6.41. The fraction of sp³-hybridized carbons (Fsp3) is 0.833. The minimum absolute atomic E-state index is 0.00805. The molecule has 1 N–H and O–H groups in total. The van der Waals surface area contributed by atoms with Crippen molar-refractivity contribution in [1.29, 1.82) is 0 Å². The van der Waals surface area contributed by atoms with E-state index in [2.05, 4.69) is 0 Å². The number of ether oxygens (including phenoxy) is 1. The molecular weight excluding hydrogens is 268 g/mol. The monoisotopic (exact) mass is 288 g/mol. The van der Waals surface area contributed by atoms with Gasteiger partial charge in [0.1, 0.15) is 0 Å². The van der Waals surface area contributed by atoms with E-state index in [4.69, 9.17) is 4.74 Å². The molecule has 0 unspecified atom stereocenters. The van der Waals surface area contributed by atoms with Crippen LogP contribution in [0, 0.1) is 0 Å². The van der Waals surface area contributed by atoms with Gasteiger partial charge in [0.25, 0.3) is 0 Å². The first-order chi connectivity index (χ1) is 8.98. The van der Waals surface area contributed by atoms with Crippen LogP contribution < -0.4 is 0 Å². The maximum Gasteiger partial charge on any atom is 0.232 e. The van der Waals surface area contributed by atoms with Crippen LogP contribution in [-0.4, -0.2) is 83.2 Å². The number of carbonyl (C=O) groups excluding carboxylic acids is 2. The van der Waals surface area contributed by atoms with E-state index >= 15 is 0 Å². The molecular formula is C12H20N2O4S. The van der Waals surface area contributed by atoms with E-state index in [0.717, 1.165) is 0 Å². The number of thioether (sulfide) groups is 1. The van der Waals surface area contributed by atoms with Crippen LogP contribution in [0.25, 0.3) is 0 Å². The van der Waals surface area contributed by atoms with Gasteiger partial charge >= 0.3 is 0 Å². The molecule has 2 heterocycles. The summed E-state index contributed by atoms with van der Waals surface area (Å²) < 4.78 is 5.18. The zero-order valence-corrected chi connectivity index (χ0v) is 11.9. The maximum absolute atomic E-state index is 11.8. The van der Waals surface area contributed by atoms with Gasteiger partial charge < -0.3 is 19.6 Å². The normalized spacial score (nSPS) is 22.0. The van der Waals surface area contributed by atoms with Crippen LogP contribution in [0.2, 0.25) is 0 Å². The number of hydrogen-bond acceptors (Lipinski definition) is 5. The van der Waals surface area contributed by atoms with Crippen molar-refractivity contribution in [3.63, 3.8) is 0 Å². The third-order valence-corrected chi connectivity index (χ3v) is 4.13. The van der Waals surface area contributed by atoms with E-state index in [0.29, 0.717) is 50.9 Å². The van der Waals surface area contributed by atoms with Crippen LogP contribution in [-0.2, 0) is 14.3 Å². The molecule has 0 aromatic rings. The van der Waals surface area contributed by atoms with Crippen LogP contribution in [0.4, 0.5) is 0 Å². The van der Waals surface area contributed by atoms with Crippen molar-refractivity contribution >= 4 is 23.6 Å². The highest BCUT2D eigenvalue weighted by Gasteiger charge is 2.39. The van der Waals surface area contributed by atoms with Crippen molar-refractivity contribution in [3.8, 4) is 0 Å². The highest BCUT2D eigenvalue weighted by atomic mass is 32.2. The molecule has 19 heavy (non-hydrogen) atoms. The first-order valence-corrected chi connectivity index (χ1v) is 7.57. The second kappa shape index (κ2) is 6.11. The van der Waals surface area contributed by atoms with Crippen LogP contribution in [0.5, 0.6) is 0 Å². The van der Waals surface area contributed by atoms with Crippen molar-refractivity contribution < 1.29 is 19.4 Å². The number of hydrogen-bond donors (Lipinski definition) is 1. The van der Waals surface area contributed by atoms with E-state index in [1.807, 2.05) is 0 Å². The predicted molar refractivity (Wildman–Crippen MR) is 71.9 cm³/mol. The zero-order valence-electron chi connectivity index (χ0n) is 11.1. The summed E-state index contributed by atoms with van der Waals surface area (Å²) in [5.74, 6) is 0.685. The molecule has 2 fully saturated rings. The first kappa shape index (κ1) is 14.6. The summed E-state index contributed by atoms with van der Waals surface area (Å²) in [5.41, 5.74) is -0.732. The minimum atomic E-state index is -0.732. The molecule has 0 spiro atoms. The molecule has 0 aromatic carbocycles. The lowest BCUT2D eigenvalue weighted by molar-refractivity contribution is -0.149. The Hall–Kier alpha value is -0.790. The molecule has 108 valence electrons. The number of nitrogens with zero attached hydrogens (tertiary/aromatic N) is 2. The Labute approximate surface area is 117 Å². The molecule has 0 radical (unpaired) electrons. The van der Waals surface area contributed by atoms with Crippen LogP contribution in [0.3, 0.4) is 0 Å². The Morgan fingerprint density at radius 1 is 1.16 bits per heavy atom. The number of aliphatic hydroxyl groups is 1. The Kier molecular flexibility index (Phi) is 4.70. The SMILES string of the molecule is CC1(O)CN(C(=O)CSCC(=O)N2CCOCC2)C1. The molecule has 0 atom stereocenters. The Balaban J connectivity index is 1.61. The van der Waals surface area contributed by atoms with E-state index in [1.165, 1.54) is 11.8 Å². The third-order valence-electron chi connectivity index (χ3n) is 3.23. The molecule has 2 rings (SSSR count). The van der Waals surface area contributed by atoms with Crippen LogP contribution in [0.1, 0.15) is 6.92 Å². The Morgan fingerprint density at radius 2 is 1.68 bits per heavy atom. The fourth-order valence-corrected chi connectivity index (χ4v) is 2.99. The van der Waals surface area contributed by atoms with Crippen molar-refractivity contribution in [2.45, 2.75) is 12.5 Å². The lowest BCUT2D eigenvalue weighted by Crippen LogP contribution is -2.62. The summed E-state index contributed by atoms with van der Waals surface area (Å²) in [6, 6.07) is 0. The molecule has 2 amide bonds. The van der Waals surface area contributed by atoms with Gasteiger partial charge in [-0.05, 0) is 6.92 Å². The third kappa shape index (κ3) is 4.09. The lowest BCUT2D eigenvalue weighted by atomic mass is 9.97. The van der Waals surface area contributed by atoms with E-state index < -0.39 is 5.60 Å². The van der Waals surface area contributed by atoms with Crippen molar-refractivity contribution in [1.82, 2.24) is 9.80 Å². The summed E-state index contributed by atoms with van der Waals surface area (Å²) in [4.78, 5) is 26.9. The average molecular weight is 288 g/mol. The summed E-state index contributed by atoms with van der Waals surface area (Å²) in [5, 5.41) is 9.54. The van der Waals surface area contributed by atoms with E-state index in [-0.39, 0.29) is 11.8 Å². The maximum atomic E-state index is 11.8. The fourth-order valence-electron chi connectivity index (χ4n) is 2.17. The number of β-amino-alcohol motifs (C(OH)–C–C–N with tert-alkyl or cyclic N) is 1. The molecule has 2 saturated heterocycles. The largest absolute Gasteiger partial charge is 0.386 e. The van der Waals surface area contributed by atoms with Crippen molar-refractivity contribution in [3.05, 3.63) is 0 Å². The number of carbonyl (C=O) groups is 2. The number of likely N-dealkylation sites (tertiary alicyclic amines) is 1. The predicted octanol–water partition coefficient (Wildman–Crippen LogP) is -0.828. The molecule has 0 aliphatic carbocycles. The lowest BCUT2D eigenvalue weighted by Gasteiger charge is -2.44. The molecule has 6 nitrogen and oxygen atoms in total. The molecule has 0 bridgehead atoms. The summed E-state index contributed by atoms with van der Waals surface area (Å²) in [6.45, 7) is 4.97. The molecule has 2 aliphatic rings. The summed E-state index contributed by atoms with van der Waals surface area (Å²) >= 11 is 1.34. The van der Waals surface area contributed by atoms with Crippen molar-refractivity contribution in [2.75, 3.05) is 50.9 Å². The van der Waals surface area contributed by atoms with Gasteiger partial charge in [0, 0.05) is 13.1 Å². The quantitative estimate of drug-likeness (QED) is 0.731. The Morgan fingerprint density at radius 3 is 2.21 bits per heavy atom. The van der Waals surface area contributed by atoms with Gasteiger partial charge in [-0.2, -0.15) is 0 Å². The topological polar surface area (TPSA) is 70.1 Å². The van der Waals surface area contributed by atoms with Crippen molar-refractivity contribution in [2.24, 2.45) is 0 Å². The summed E-state index contributed by atoms with van der Waals surface area (Å²) in [6.07, 6.45) is 0. The summed E-state index contributed by atoms with van der Waals surface area (Å²) in [7, 11) is 0. The van der Waals surface area contributed by atoms with Crippen LogP contribution >= 0.6 is 11.8 Å². The molecule has 0 saturated carbocycles. The Bertz CT molecular complexity index is 348. The smallest absolute Gasteiger partial charge is 0.232 e. The van der Waals surface area contributed by atoms with Crippen LogP contribution in [0.15, 0.2) is 0 Å². The van der Waals surface area contributed by atoms with Gasteiger partial charge in [-0.15, -0.1) is 11.8 Å². The number of morpholine rings is 1. The number of amides is 2. The van der Waals surface area contributed by atoms with Gasteiger partial charge in [-0.3, -0.25) is 9.59 Å². The molecule has 0 aromatic heterocycles. The average Bonchev–Trinajstić information content (AvgIpc) is 2.36. The standard InChI is InChI=1S/C12H20N2O4S/c1-12(17)8-14(9-12)11(16)7-19-6-10(15)13-2-4-18-5-3-13/h17H,2-9H2,1H3. The van der Waals surface area contributed by atoms with E-state index in [9.17, 15) is 14.7 Å². The highest BCUT2D eigenvalue weighted by Crippen LogP contribution is 2.20. The van der Waals surface area contributed by atoms with Gasteiger partial charge in [0.05, 0.1) is 43.4 Å². The number of rotatable bonds is 4. The minimum Gasteiger partial charge on any atom is -0.386 e. The second-order valence-corrected chi connectivity index (χ2v) is 6.22.